The molecular formula is C23H19ClN2O4S. The lowest BCUT2D eigenvalue weighted by atomic mass is 10.1. The van der Waals surface area contributed by atoms with Gasteiger partial charge >= 0.3 is 5.97 Å². The minimum absolute atomic E-state index is 0.0620. The molecule has 2 amide bonds. The highest BCUT2D eigenvalue weighted by Crippen LogP contribution is 2.23. The lowest BCUT2D eigenvalue weighted by Crippen LogP contribution is -2.16. The summed E-state index contributed by atoms with van der Waals surface area (Å²) in [5, 5.41) is 15.3. The van der Waals surface area contributed by atoms with Gasteiger partial charge in [-0.15, -0.1) is 11.8 Å². The van der Waals surface area contributed by atoms with E-state index in [2.05, 4.69) is 10.6 Å². The van der Waals surface area contributed by atoms with Crippen LogP contribution >= 0.6 is 23.4 Å². The van der Waals surface area contributed by atoms with Crippen LogP contribution in [0.5, 0.6) is 0 Å². The Morgan fingerprint density at radius 1 is 0.903 bits per heavy atom. The molecule has 3 rings (SSSR count). The molecule has 6 nitrogen and oxygen atoms in total. The largest absolute Gasteiger partial charge is 0.478 e. The summed E-state index contributed by atoms with van der Waals surface area (Å²) in [6.07, 6.45) is 0. The van der Waals surface area contributed by atoms with Crippen molar-refractivity contribution in [3.8, 4) is 0 Å². The zero-order chi connectivity index (χ0) is 22.4. The summed E-state index contributed by atoms with van der Waals surface area (Å²) in [6.45, 7) is 1.89. The predicted octanol–water partition coefficient (Wildman–Crippen LogP) is 5.33. The van der Waals surface area contributed by atoms with Gasteiger partial charge in [0.15, 0.2) is 0 Å². The van der Waals surface area contributed by atoms with Gasteiger partial charge in [-0.25, -0.2) is 4.79 Å². The Kier molecular flexibility index (Phi) is 7.33. The number of nitrogens with one attached hydrogen (secondary N) is 2. The van der Waals surface area contributed by atoms with E-state index in [0.717, 1.165) is 10.5 Å². The van der Waals surface area contributed by atoms with Crippen molar-refractivity contribution in [1.82, 2.24) is 0 Å². The first kappa shape index (κ1) is 22.4. The monoisotopic (exact) mass is 454 g/mol. The smallest absolute Gasteiger partial charge is 0.336 e. The average molecular weight is 455 g/mol. The highest BCUT2D eigenvalue weighted by Gasteiger charge is 2.15. The first-order chi connectivity index (χ1) is 14.8. The zero-order valence-corrected chi connectivity index (χ0v) is 18.1. The van der Waals surface area contributed by atoms with Crippen molar-refractivity contribution in [1.29, 1.82) is 0 Å². The molecule has 0 atom stereocenters. The average Bonchev–Trinajstić information content (AvgIpc) is 2.76. The molecule has 0 radical (unpaired) electrons. The van der Waals surface area contributed by atoms with Crippen LogP contribution in [0.2, 0.25) is 5.02 Å². The van der Waals surface area contributed by atoms with Gasteiger partial charge in [-0.3, -0.25) is 9.59 Å². The van der Waals surface area contributed by atoms with Crippen molar-refractivity contribution in [3.05, 3.63) is 88.4 Å². The number of carbonyl (C=O) groups is 3. The Morgan fingerprint density at radius 3 is 2.19 bits per heavy atom. The quantitative estimate of drug-likeness (QED) is 0.419. The lowest BCUT2D eigenvalue weighted by Gasteiger charge is -2.09. The van der Waals surface area contributed by atoms with Gasteiger partial charge < -0.3 is 15.7 Å². The number of benzene rings is 3. The zero-order valence-electron chi connectivity index (χ0n) is 16.5. The van der Waals surface area contributed by atoms with Gasteiger partial charge in [0.05, 0.1) is 16.9 Å². The molecule has 0 heterocycles. The van der Waals surface area contributed by atoms with Crippen molar-refractivity contribution >= 4 is 52.5 Å². The Balaban J connectivity index is 1.55. The van der Waals surface area contributed by atoms with E-state index in [1.54, 1.807) is 48.5 Å². The summed E-state index contributed by atoms with van der Waals surface area (Å²) < 4.78 is 0. The molecule has 8 heteroatoms. The van der Waals surface area contributed by atoms with Crippen LogP contribution in [-0.4, -0.2) is 28.6 Å². The Bertz CT molecular complexity index is 1130. The Morgan fingerprint density at radius 2 is 1.55 bits per heavy atom. The molecule has 0 aliphatic carbocycles. The van der Waals surface area contributed by atoms with E-state index in [4.69, 9.17) is 11.6 Å². The molecule has 3 aromatic rings. The number of thioether (sulfide) groups is 1. The topological polar surface area (TPSA) is 95.5 Å². The number of carboxylic acid groups (broad SMARTS) is 1. The van der Waals surface area contributed by atoms with Gasteiger partial charge in [-0.1, -0.05) is 29.8 Å². The predicted molar refractivity (Wildman–Crippen MR) is 123 cm³/mol. The maximum atomic E-state index is 12.4. The number of hydrogen-bond donors (Lipinski definition) is 3. The standard InChI is InChI=1S/C23H19ClN2O4S/c1-14-6-7-16(12-20(14)24)25-21(27)13-31-17-10-8-15(9-11-17)26-22(28)18-4-2-3-5-19(18)23(29)30/h2-12H,13H2,1H3,(H,25,27)(H,26,28)(H,29,30). The third-order valence-electron chi connectivity index (χ3n) is 4.34. The van der Waals surface area contributed by atoms with Crippen LogP contribution in [0.1, 0.15) is 26.3 Å². The van der Waals surface area contributed by atoms with E-state index < -0.39 is 11.9 Å². The van der Waals surface area contributed by atoms with E-state index in [1.807, 2.05) is 13.0 Å². The van der Waals surface area contributed by atoms with Crippen LogP contribution in [0.25, 0.3) is 0 Å². The maximum absolute atomic E-state index is 12.4. The summed E-state index contributed by atoms with van der Waals surface area (Å²) >= 11 is 7.42. The van der Waals surface area contributed by atoms with Crippen LogP contribution in [-0.2, 0) is 4.79 Å². The van der Waals surface area contributed by atoms with Crippen molar-refractivity contribution in [2.45, 2.75) is 11.8 Å². The number of carboxylic acids is 1. The molecule has 0 aliphatic heterocycles. The highest BCUT2D eigenvalue weighted by molar-refractivity contribution is 8.00. The third kappa shape index (κ3) is 6.10. The fourth-order valence-corrected chi connectivity index (χ4v) is 3.60. The fraction of sp³-hybridized carbons (Fsp3) is 0.0870. The molecule has 3 N–H and O–H groups in total. The van der Waals surface area contributed by atoms with E-state index in [0.29, 0.717) is 16.4 Å². The minimum Gasteiger partial charge on any atom is -0.478 e. The first-order valence-corrected chi connectivity index (χ1v) is 10.6. The van der Waals surface area contributed by atoms with E-state index in [-0.39, 0.29) is 22.8 Å². The molecular weight excluding hydrogens is 436 g/mol. The first-order valence-electron chi connectivity index (χ1n) is 9.26. The van der Waals surface area contributed by atoms with Crippen molar-refractivity contribution < 1.29 is 19.5 Å². The molecule has 0 aliphatic rings. The summed E-state index contributed by atoms with van der Waals surface area (Å²) in [5.74, 6) is -1.62. The van der Waals surface area contributed by atoms with Gasteiger partial charge in [0, 0.05) is 21.3 Å². The normalized spacial score (nSPS) is 10.4. The molecule has 3 aromatic carbocycles. The number of anilines is 2. The summed E-state index contributed by atoms with van der Waals surface area (Å²) in [4.78, 5) is 36.7. The third-order valence-corrected chi connectivity index (χ3v) is 5.76. The molecule has 0 fully saturated rings. The maximum Gasteiger partial charge on any atom is 0.336 e. The van der Waals surface area contributed by atoms with Gasteiger partial charge in [0.2, 0.25) is 5.91 Å². The number of amides is 2. The van der Waals surface area contributed by atoms with Crippen molar-refractivity contribution in [2.24, 2.45) is 0 Å². The summed E-state index contributed by atoms with van der Waals surface area (Å²) in [7, 11) is 0. The van der Waals surface area contributed by atoms with E-state index in [1.165, 1.54) is 23.9 Å². The molecule has 0 unspecified atom stereocenters. The van der Waals surface area contributed by atoms with Gasteiger partial charge in [-0.05, 0) is 61.0 Å². The number of hydrogen-bond acceptors (Lipinski definition) is 4. The van der Waals surface area contributed by atoms with Crippen LogP contribution in [0, 0.1) is 6.92 Å². The lowest BCUT2D eigenvalue weighted by molar-refractivity contribution is -0.113. The molecule has 31 heavy (non-hydrogen) atoms. The SMILES string of the molecule is Cc1ccc(NC(=O)CSc2ccc(NC(=O)c3ccccc3C(=O)O)cc2)cc1Cl. The van der Waals surface area contributed by atoms with Gasteiger partial charge in [0.1, 0.15) is 0 Å². The van der Waals surface area contributed by atoms with Crippen LogP contribution in [0.3, 0.4) is 0 Å². The van der Waals surface area contributed by atoms with Crippen molar-refractivity contribution in [2.75, 3.05) is 16.4 Å². The second-order valence-corrected chi connectivity index (χ2v) is 8.09. The molecule has 0 saturated heterocycles. The van der Waals surface area contributed by atoms with Crippen LogP contribution < -0.4 is 10.6 Å². The molecule has 158 valence electrons. The minimum atomic E-state index is -1.16. The second kappa shape index (κ2) is 10.1. The number of aromatic carboxylic acids is 1. The second-order valence-electron chi connectivity index (χ2n) is 6.63. The fourth-order valence-electron chi connectivity index (χ4n) is 2.72. The van der Waals surface area contributed by atoms with Crippen LogP contribution in [0.4, 0.5) is 11.4 Å². The van der Waals surface area contributed by atoms with Crippen molar-refractivity contribution in [3.63, 3.8) is 0 Å². The van der Waals surface area contributed by atoms with Gasteiger partial charge in [-0.2, -0.15) is 0 Å². The molecule has 0 aromatic heterocycles. The molecule has 0 spiro atoms. The highest BCUT2D eigenvalue weighted by atomic mass is 35.5. The number of carbonyl (C=O) groups excluding carboxylic acids is 2. The van der Waals surface area contributed by atoms with E-state index >= 15 is 0 Å². The van der Waals surface area contributed by atoms with Gasteiger partial charge in [0.25, 0.3) is 5.91 Å². The summed E-state index contributed by atoms with van der Waals surface area (Å²) in [5.41, 5.74) is 2.12. The number of halogens is 1. The summed E-state index contributed by atoms with van der Waals surface area (Å²) in [6, 6.07) is 18.3. The Hall–Kier alpha value is -3.29. The van der Waals surface area contributed by atoms with E-state index in [9.17, 15) is 19.5 Å². The Labute approximate surface area is 188 Å². The molecule has 0 saturated carbocycles. The van der Waals surface area contributed by atoms with Crippen LogP contribution in [0.15, 0.2) is 71.6 Å². The number of aryl methyl sites for hydroxylation is 1. The number of rotatable bonds is 7. The molecule has 0 bridgehead atoms.